The van der Waals surface area contributed by atoms with Crippen LogP contribution in [0.1, 0.15) is 23.7 Å². The molecule has 1 aliphatic heterocycles. The Balaban J connectivity index is 2.48. The lowest BCUT2D eigenvalue weighted by molar-refractivity contribution is -0.171. The van der Waals surface area contributed by atoms with Crippen molar-refractivity contribution in [2.45, 2.75) is 32.2 Å². The van der Waals surface area contributed by atoms with E-state index in [-0.39, 0.29) is 25.4 Å². The minimum atomic E-state index is -4.30. The van der Waals surface area contributed by atoms with E-state index in [4.69, 9.17) is 5.11 Å². The van der Waals surface area contributed by atoms with Crippen molar-refractivity contribution in [3.8, 4) is 0 Å². The monoisotopic (exact) mass is 235 g/mol. The van der Waals surface area contributed by atoms with Crippen LogP contribution in [0.15, 0.2) is 0 Å². The molecule has 0 amide bonds. The zero-order valence-corrected chi connectivity index (χ0v) is 8.67. The molecule has 1 aromatic rings. The average molecular weight is 235 g/mol. The standard InChI is InChI=1S/C9H12F3N3O/c1-5-6(4-16)8-13-3-2-7(9(10,11)12)15(8)14-5/h7,13,16H,2-4H2,1H3. The highest BCUT2D eigenvalue weighted by molar-refractivity contribution is 5.48. The fraction of sp³-hybridized carbons (Fsp3) is 0.667. The van der Waals surface area contributed by atoms with Crippen molar-refractivity contribution in [2.24, 2.45) is 0 Å². The molecule has 16 heavy (non-hydrogen) atoms. The molecule has 2 N–H and O–H groups in total. The molecule has 90 valence electrons. The predicted octanol–water partition coefficient (Wildman–Crippen LogP) is 1.60. The summed E-state index contributed by atoms with van der Waals surface area (Å²) in [5.41, 5.74) is 0.870. The van der Waals surface area contributed by atoms with Gasteiger partial charge < -0.3 is 10.4 Å². The number of hydrogen-bond acceptors (Lipinski definition) is 3. The number of hydrogen-bond donors (Lipinski definition) is 2. The van der Waals surface area contributed by atoms with Crippen LogP contribution in [0.2, 0.25) is 0 Å². The van der Waals surface area contributed by atoms with Crippen LogP contribution in [-0.4, -0.2) is 27.6 Å². The Morgan fingerprint density at radius 2 is 2.25 bits per heavy atom. The van der Waals surface area contributed by atoms with Gasteiger partial charge in [-0.05, 0) is 13.3 Å². The van der Waals surface area contributed by atoms with Gasteiger partial charge in [-0.2, -0.15) is 18.3 Å². The second-order valence-electron chi connectivity index (χ2n) is 3.79. The van der Waals surface area contributed by atoms with E-state index in [1.807, 2.05) is 0 Å². The van der Waals surface area contributed by atoms with Gasteiger partial charge in [0.05, 0.1) is 12.3 Å². The number of aryl methyl sites for hydroxylation is 1. The quantitative estimate of drug-likeness (QED) is 0.777. The number of alkyl halides is 3. The van der Waals surface area contributed by atoms with Crippen LogP contribution in [0.25, 0.3) is 0 Å². The maximum atomic E-state index is 12.7. The summed E-state index contributed by atoms with van der Waals surface area (Å²) in [6.45, 7) is 1.52. The van der Waals surface area contributed by atoms with E-state index in [9.17, 15) is 13.2 Å². The summed E-state index contributed by atoms with van der Waals surface area (Å²) >= 11 is 0. The number of aliphatic hydroxyl groups is 1. The van der Waals surface area contributed by atoms with Gasteiger partial charge >= 0.3 is 6.18 Å². The lowest BCUT2D eigenvalue weighted by Crippen LogP contribution is -2.34. The predicted molar refractivity (Wildman–Crippen MR) is 51.1 cm³/mol. The molecule has 2 heterocycles. The SMILES string of the molecule is Cc1nn2c(c1CO)NCCC2C(F)(F)F. The maximum absolute atomic E-state index is 12.7. The van der Waals surface area contributed by atoms with Gasteiger partial charge in [0.1, 0.15) is 5.82 Å². The second-order valence-corrected chi connectivity index (χ2v) is 3.79. The van der Waals surface area contributed by atoms with Crippen LogP contribution in [0.5, 0.6) is 0 Å². The number of nitrogens with one attached hydrogen (secondary N) is 1. The van der Waals surface area contributed by atoms with Crippen molar-refractivity contribution < 1.29 is 18.3 Å². The van der Waals surface area contributed by atoms with E-state index in [1.54, 1.807) is 6.92 Å². The zero-order chi connectivity index (χ0) is 11.9. The van der Waals surface area contributed by atoms with Crippen molar-refractivity contribution in [1.82, 2.24) is 9.78 Å². The van der Waals surface area contributed by atoms with Gasteiger partial charge in [0, 0.05) is 12.1 Å². The minimum Gasteiger partial charge on any atom is -0.391 e. The first-order valence-electron chi connectivity index (χ1n) is 4.94. The van der Waals surface area contributed by atoms with Gasteiger partial charge in [-0.15, -0.1) is 0 Å². The van der Waals surface area contributed by atoms with Gasteiger partial charge in [0.2, 0.25) is 0 Å². The molecule has 2 rings (SSSR count). The summed E-state index contributed by atoms with van der Waals surface area (Å²) in [6, 6.07) is -1.59. The molecule has 7 heteroatoms. The number of anilines is 1. The van der Waals surface area contributed by atoms with Crippen molar-refractivity contribution in [3.63, 3.8) is 0 Å². The number of nitrogens with zero attached hydrogens (tertiary/aromatic N) is 2. The Bertz CT molecular complexity index is 399. The molecule has 0 bridgehead atoms. The molecule has 1 unspecified atom stereocenters. The topological polar surface area (TPSA) is 50.1 Å². The Morgan fingerprint density at radius 3 is 2.81 bits per heavy atom. The van der Waals surface area contributed by atoms with E-state index in [0.717, 1.165) is 4.68 Å². The molecule has 1 aromatic heterocycles. The minimum absolute atomic E-state index is 0.0392. The van der Waals surface area contributed by atoms with Gasteiger partial charge in [-0.3, -0.25) is 0 Å². The van der Waals surface area contributed by atoms with Crippen LogP contribution in [0.4, 0.5) is 19.0 Å². The second kappa shape index (κ2) is 3.65. The number of halogens is 3. The molecular weight excluding hydrogens is 223 g/mol. The smallest absolute Gasteiger partial charge is 0.391 e. The summed E-state index contributed by atoms with van der Waals surface area (Å²) in [4.78, 5) is 0. The number of aliphatic hydroxyl groups excluding tert-OH is 1. The van der Waals surface area contributed by atoms with Crippen molar-refractivity contribution >= 4 is 5.82 Å². The fourth-order valence-electron chi connectivity index (χ4n) is 1.94. The third kappa shape index (κ3) is 1.64. The Morgan fingerprint density at radius 1 is 1.56 bits per heavy atom. The first-order chi connectivity index (χ1) is 7.45. The van der Waals surface area contributed by atoms with Gasteiger partial charge in [-0.1, -0.05) is 0 Å². The summed E-state index contributed by atoms with van der Waals surface area (Å²) in [5, 5.41) is 15.8. The fourth-order valence-corrected chi connectivity index (χ4v) is 1.94. The first-order valence-corrected chi connectivity index (χ1v) is 4.94. The summed E-state index contributed by atoms with van der Waals surface area (Å²) in [7, 11) is 0. The molecule has 0 saturated carbocycles. The van der Waals surface area contributed by atoms with Crippen molar-refractivity contribution in [3.05, 3.63) is 11.3 Å². The highest BCUT2D eigenvalue weighted by Gasteiger charge is 2.44. The third-order valence-electron chi connectivity index (χ3n) is 2.75. The molecule has 1 atom stereocenters. The number of aromatic nitrogens is 2. The van der Waals surface area contributed by atoms with Gasteiger partial charge in [0.25, 0.3) is 0 Å². The first kappa shape index (κ1) is 11.3. The van der Waals surface area contributed by atoms with E-state index in [1.165, 1.54) is 0 Å². The highest BCUT2D eigenvalue weighted by Crippen LogP contribution is 2.38. The van der Waals surface area contributed by atoms with Crippen LogP contribution in [0, 0.1) is 6.92 Å². The average Bonchev–Trinajstić information content (AvgIpc) is 2.50. The molecule has 0 aliphatic carbocycles. The van der Waals surface area contributed by atoms with Crippen molar-refractivity contribution in [2.75, 3.05) is 11.9 Å². The van der Waals surface area contributed by atoms with Crippen LogP contribution >= 0.6 is 0 Å². The molecule has 0 radical (unpaired) electrons. The van der Waals surface area contributed by atoms with Crippen LogP contribution < -0.4 is 5.32 Å². The van der Waals surface area contributed by atoms with E-state index < -0.39 is 12.2 Å². The normalized spacial score (nSPS) is 20.4. The number of rotatable bonds is 1. The highest BCUT2D eigenvalue weighted by atomic mass is 19.4. The molecule has 4 nitrogen and oxygen atoms in total. The molecule has 0 fully saturated rings. The Kier molecular flexibility index (Phi) is 2.57. The Hall–Kier alpha value is -1.24. The van der Waals surface area contributed by atoms with E-state index >= 15 is 0 Å². The molecule has 0 spiro atoms. The van der Waals surface area contributed by atoms with Gasteiger partial charge in [-0.25, -0.2) is 4.68 Å². The maximum Gasteiger partial charge on any atom is 0.410 e. The summed E-state index contributed by atoms with van der Waals surface area (Å²) in [6.07, 6.45) is -4.34. The Labute approximate surface area is 90.1 Å². The largest absolute Gasteiger partial charge is 0.410 e. The van der Waals surface area contributed by atoms with Crippen molar-refractivity contribution in [1.29, 1.82) is 0 Å². The molecular formula is C9H12F3N3O. The molecule has 0 saturated heterocycles. The van der Waals surface area contributed by atoms with Crippen LogP contribution in [0.3, 0.4) is 0 Å². The van der Waals surface area contributed by atoms with E-state index in [0.29, 0.717) is 11.3 Å². The third-order valence-corrected chi connectivity index (χ3v) is 2.75. The lowest BCUT2D eigenvalue weighted by Gasteiger charge is -2.27. The lowest BCUT2D eigenvalue weighted by atomic mass is 10.1. The van der Waals surface area contributed by atoms with E-state index in [2.05, 4.69) is 10.4 Å². The van der Waals surface area contributed by atoms with Gasteiger partial charge in [0.15, 0.2) is 6.04 Å². The summed E-state index contributed by atoms with van der Waals surface area (Å²) in [5.74, 6) is 0.286. The summed E-state index contributed by atoms with van der Waals surface area (Å²) < 4.78 is 39.1. The van der Waals surface area contributed by atoms with Crippen LogP contribution in [-0.2, 0) is 6.61 Å². The zero-order valence-electron chi connectivity index (χ0n) is 8.67. The number of fused-ring (bicyclic) bond motifs is 1. The molecule has 1 aliphatic rings. The molecule has 0 aromatic carbocycles.